The Labute approximate surface area is 196 Å². The Morgan fingerprint density at radius 1 is 1.30 bits per heavy atom. The Kier molecular flexibility index (Phi) is 6.26. The molecule has 1 aromatic heterocycles. The molecule has 10 heteroatoms. The van der Waals surface area contributed by atoms with E-state index in [0.717, 1.165) is 11.3 Å². The molecule has 0 saturated carbocycles. The van der Waals surface area contributed by atoms with Gasteiger partial charge in [-0.05, 0) is 37.1 Å². The second kappa shape index (κ2) is 9.13. The van der Waals surface area contributed by atoms with Crippen molar-refractivity contribution < 1.29 is 14.5 Å². The van der Waals surface area contributed by atoms with E-state index < -0.39 is 16.9 Å². The minimum Gasteiger partial charge on any atom is -0.463 e. The van der Waals surface area contributed by atoms with Crippen molar-refractivity contribution in [3.8, 4) is 0 Å². The molecule has 0 radical (unpaired) electrons. The van der Waals surface area contributed by atoms with E-state index in [0.29, 0.717) is 31.2 Å². The molecular weight excluding hydrogens is 466 g/mol. The zero-order chi connectivity index (χ0) is 23.7. The van der Waals surface area contributed by atoms with E-state index in [2.05, 4.69) is 4.99 Å². The summed E-state index contributed by atoms with van der Waals surface area (Å²) in [6.07, 6.45) is 1.67. The lowest BCUT2D eigenvalue weighted by Crippen LogP contribution is -2.40. The van der Waals surface area contributed by atoms with Crippen molar-refractivity contribution in [1.29, 1.82) is 0 Å². The van der Waals surface area contributed by atoms with Crippen molar-refractivity contribution in [2.45, 2.75) is 19.9 Å². The first-order chi connectivity index (χ1) is 15.8. The third-order valence-corrected chi connectivity index (χ3v) is 6.43. The van der Waals surface area contributed by atoms with E-state index >= 15 is 0 Å². The summed E-state index contributed by atoms with van der Waals surface area (Å²) in [5.74, 6) is -0.629. The van der Waals surface area contributed by atoms with Gasteiger partial charge < -0.3 is 4.74 Å². The topological polar surface area (TPSA) is 104 Å². The van der Waals surface area contributed by atoms with Gasteiger partial charge >= 0.3 is 5.97 Å². The highest BCUT2D eigenvalue weighted by atomic mass is 35.5. The molecule has 0 fully saturated rings. The van der Waals surface area contributed by atoms with Gasteiger partial charge in [-0.3, -0.25) is 19.5 Å². The maximum atomic E-state index is 13.5. The number of benzene rings is 2. The van der Waals surface area contributed by atoms with E-state index in [1.165, 1.54) is 22.8 Å². The first kappa shape index (κ1) is 22.6. The average molecular weight is 484 g/mol. The van der Waals surface area contributed by atoms with Crippen LogP contribution >= 0.6 is 22.9 Å². The molecule has 1 aliphatic rings. The van der Waals surface area contributed by atoms with Gasteiger partial charge in [0.2, 0.25) is 0 Å². The third kappa shape index (κ3) is 4.24. The van der Waals surface area contributed by atoms with Crippen LogP contribution in [0.1, 0.15) is 31.0 Å². The number of nitro groups is 1. The van der Waals surface area contributed by atoms with E-state index in [9.17, 15) is 19.7 Å². The Balaban J connectivity index is 1.99. The van der Waals surface area contributed by atoms with Gasteiger partial charge in [0.05, 0.1) is 33.4 Å². The highest BCUT2D eigenvalue weighted by Crippen LogP contribution is 2.32. The van der Waals surface area contributed by atoms with Gasteiger partial charge in [-0.25, -0.2) is 9.79 Å². The molecule has 0 amide bonds. The van der Waals surface area contributed by atoms with Gasteiger partial charge in [0.25, 0.3) is 11.2 Å². The molecule has 168 valence electrons. The number of nitrogens with zero attached hydrogens (tertiary/aromatic N) is 3. The van der Waals surface area contributed by atoms with Gasteiger partial charge in [-0.1, -0.05) is 53.3 Å². The largest absolute Gasteiger partial charge is 0.463 e. The molecule has 0 aliphatic carbocycles. The number of aromatic nitrogens is 1. The second-order valence-corrected chi connectivity index (χ2v) is 8.59. The zero-order valence-electron chi connectivity index (χ0n) is 17.6. The van der Waals surface area contributed by atoms with Crippen LogP contribution in [-0.2, 0) is 9.53 Å². The monoisotopic (exact) mass is 483 g/mol. The van der Waals surface area contributed by atoms with Crippen molar-refractivity contribution in [2.24, 2.45) is 4.99 Å². The molecule has 8 nitrogen and oxygen atoms in total. The maximum Gasteiger partial charge on any atom is 0.338 e. The normalized spacial score (nSPS) is 15.7. The lowest BCUT2D eigenvalue weighted by Gasteiger charge is -2.24. The van der Waals surface area contributed by atoms with Crippen LogP contribution in [-0.4, -0.2) is 22.1 Å². The third-order valence-electron chi connectivity index (χ3n) is 5.11. The van der Waals surface area contributed by atoms with E-state index in [-0.39, 0.29) is 23.4 Å². The molecule has 0 saturated heterocycles. The van der Waals surface area contributed by atoms with Crippen LogP contribution in [0, 0.1) is 10.1 Å². The van der Waals surface area contributed by atoms with Gasteiger partial charge in [-0.15, -0.1) is 0 Å². The molecule has 1 atom stereocenters. The Hall–Kier alpha value is -3.56. The number of ether oxygens (including phenoxy) is 1. The number of esters is 1. The lowest BCUT2D eigenvalue weighted by molar-refractivity contribution is -0.384. The standard InChI is InChI=1S/C23H18ClN3O5S/c1-3-32-22(29)19-13(2)25-23-26(20(19)15-8-6-9-16(11-15)27(30)31)21(28)18(33-23)12-14-7-4-5-10-17(14)24/h4-12,20H,3H2,1-2H3/b18-12+/t20-/m1/s1. The number of carbonyl (C=O) groups is 1. The fourth-order valence-electron chi connectivity index (χ4n) is 3.65. The number of hydrogen-bond acceptors (Lipinski definition) is 7. The fourth-order valence-corrected chi connectivity index (χ4v) is 4.88. The van der Waals surface area contributed by atoms with Crippen molar-refractivity contribution in [3.05, 3.63) is 106 Å². The predicted octanol–water partition coefficient (Wildman–Crippen LogP) is 3.36. The molecule has 0 unspecified atom stereocenters. The van der Waals surface area contributed by atoms with Crippen molar-refractivity contribution in [2.75, 3.05) is 6.61 Å². The molecule has 3 aromatic rings. The summed E-state index contributed by atoms with van der Waals surface area (Å²) in [6, 6.07) is 12.1. The highest BCUT2D eigenvalue weighted by molar-refractivity contribution is 7.07. The molecule has 0 spiro atoms. The number of thiazole rings is 1. The molecule has 2 aromatic carbocycles. The van der Waals surface area contributed by atoms with Crippen molar-refractivity contribution in [1.82, 2.24) is 4.57 Å². The number of rotatable bonds is 5. The number of nitro benzene ring substituents is 1. The SMILES string of the molecule is CCOC(=O)C1=C(C)N=c2s/c(=C/c3ccccc3Cl)c(=O)n2[C@@H]1c1cccc([N+](=O)[O-])c1. The van der Waals surface area contributed by atoms with Crippen LogP contribution in [0.3, 0.4) is 0 Å². The van der Waals surface area contributed by atoms with Crippen LogP contribution in [0.25, 0.3) is 6.08 Å². The fraction of sp³-hybridized carbons (Fsp3) is 0.174. The number of allylic oxidation sites excluding steroid dienone is 1. The van der Waals surface area contributed by atoms with Crippen LogP contribution in [0.15, 0.2) is 69.6 Å². The van der Waals surface area contributed by atoms with Crippen molar-refractivity contribution in [3.63, 3.8) is 0 Å². The summed E-state index contributed by atoms with van der Waals surface area (Å²) in [7, 11) is 0. The Morgan fingerprint density at radius 2 is 2.06 bits per heavy atom. The van der Waals surface area contributed by atoms with E-state index in [1.807, 2.05) is 6.07 Å². The van der Waals surface area contributed by atoms with Crippen LogP contribution in [0.2, 0.25) is 5.02 Å². The molecule has 1 aliphatic heterocycles. The molecule has 4 rings (SSSR count). The summed E-state index contributed by atoms with van der Waals surface area (Å²) >= 11 is 7.41. The number of hydrogen-bond donors (Lipinski definition) is 0. The molecule has 0 N–H and O–H groups in total. The Morgan fingerprint density at radius 3 is 2.76 bits per heavy atom. The van der Waals surface area contributed by atoms with Gasteiger partial charge in [0.15, 0.2) is 4.80 Å². The quantitative estimate of drug-likeness (QED) is 0.314. The average Bonchev–Trinajstić information content (AvgIpc) is 3.09. The lowest BCUT2D eigenvalue weighted by atomic mass is 9.95. The smallest absolute Gasteiger partial charge is 0.338 e. The zero-order valence-corrected chi connectivity index (χ0v) is 19.2. The second-order valence-electron chi connectivity index (χ2n) is 7.18. The minimum absolute atomic E-state index is 0.133. The maximum absolute atomic E-state index is 13.5. The van der Waals surface area contributed by atoms with Crippen LogP contribution < -0.4 is 14.9 Å². The first-order valence-electron chi connectivity index (χ1n) is 10.0. The number of non-ortho nitro benzene ring substituents is 1. The summed E-state index contributed by atoms with van der Waals surface area (Å²) < 4.78 is 6.98. The predicted molar refractivity (Wildman–Crippen MR) is 125 cm³/mol. The van der Waals surface area contributed by atoms with Crippen molar-refractivity contribution >= 4 is 40.7 Å². The van der Waals surface area contributed by atoms with Gasteiger partial charge in [0, 0.05) is 17.2 Å². The number of carbonyl (C=O) groups excluding carboxylic acids is 1. The van der Waals surface area contributed by atoms with Gasteiger partial charge in [-0.2, -0.15) is 0 Å². The summed E-state index contributed by atoms with van der Waals surface area (Å²) in [5, 5.41) is 11.9. The van der Waals surface area contributed by atoms with E-state index in [1.54, 1.807) is 44.2 Å². The van der Waals surface area contributed by atoms with Crippen LogP contribution in [0.5, 0.6) is 0 Å². The summed E-state index contributed by atoms with van der Waals surface area (Å²) in [4.78, 5) is 42.1. The summed E-state index contributed by atoms with van der Waals surface area (Å²) in [6.45, 7) is 3.46. The first-order valence-corrected chi connectivity index (χ1v) is 11.2. The number of fused-ring (bicyclic) bond motifs is 1. The Bertz CT molecular complexity index is 1490. The number of halogens is 1. The van der Waals surface area contributed by atoms with E-state index in [4.69, 9.17) is 16.3 Å². The minimum atomic E-state index is -0.923. The molecule has 2 heterocycles. The molecule has 33 heavy (non-hydrogen) atoms. The summed E-state index contributed by atoms with van der Waals surface area (Å²) in [5.41, 5.74) is 1.09. The highest BCUT2D eigenvalue weighted by Gasteiger charge is 2.34. The van der Waals surface area contributed by atoms with Crippen LogP contribution in [0.4, 0.5) is 5.69 Å². The van der Waals surface area contributed by atoms with Gasteiger partial charge in [0.1, 0.15) is 0 Å². The molecule has 0 bridgehead atoms. The molecular formula is C23H18ClN3O5S.